The zero-order valence-electron chi connectivity index (χ0n) is 10.9. The van der Waals surface area contributed by atoms with Gasteiger partial charge in [0, 0.05) is 12.7 Å². The highest BCUT2D eigenvalue weighted by molar-refractivity contribution is 5.42. The molecule has 2 aromatic heterocycles. The molecule has 1 unspecified atom stereocenters. The highest BCUT2D eigenvalue weighted by Crippen LogP contribution is 2.13. The van der Waals surface area contributed by atoms with Gasteiger partial charge in [-0.2, -0.15) is 4.98 Å². The Hall–Kier alpha value is -1.62. The van der Waals surface area contributed by atoms with E-state index in [1.165, 1.54) is 0 Å². The molecule has 5 heteroatoms. The third-order valence-electron chi connectivity index (χ3n) is 3.30. The van der Waals surface area contributed by atoms with Crippen molar-refractivity contribution in [2.24, 2.45) is 5.92 Å². The van der Waals surface area contributed by atoms with E-state index in [1.807, 2.05) is 24.4 Å². The van der Waals surface area contributed by atoms with Crippen molar-refractivity contribution in [3.8, 4) is 0 Å². The van der Waals surface area contributed by atoms with E-state index in [4.69, 9.17) is 0 Å². The summed E-state index contributed by atoms with van der Waals surface area (Å²) in [6, 6.07) is 5.73. The van der Waals surface area contributed by atoms with Crippen molar-refractivity contribution < 1.29 is 5.11 Å². The molecule has 2 aromatic rings. The number of rotatable bonds is 6. The first-order valence-corrected chi connectivity index (χ1v) is 6.48. The molecule has 0 amide bonds. The second-order valence-electron chi connectivity index (χ2n) is 4.46. The highest BCUT2D eigenvalue weighted by atomic mass is 16.3. The molecule has 0 aliphatic rings. The third kappa shape index (κ3) is 2.79. The van der Waals surface area contributed by atoms with Gasteiger partial charge in [-0.3, -0.25) is 0 Å². The van der Waals surface area contributed by atoms with Crippen molar-refractivity contribution in [2.75, 3.05) is 11.9 Å². The predicted molar refractivity (Wildman–Crippen MR) is 71.6 cm³/mol. The number of aliphatic hydroxyl groups excluding tert-OH is 1. The molecule has 0 aliphatic carbocycles. The van der Waals surface area contributed by atoms with Gasteiger partial charge in [-0.1, -0.05) is 32.8 Å². The second-order valence-corrected chi connectivity index (χ2v) is 4.46. The van der Waals surface area contributed by atoms with Crippen LogP contribution in [0.5, 0.6) is 0 Å². The van der Waals surface area contributed by atoms with Crippen LogP contribution in [0, 0.1) is 5.92 Å². The third-order valence-corrected chi connectivity index (χ3v) is 3.30. The molecule has 18 heavy (non-hydrogen) atoms. The minimum absolute atomic E-state index is 0.328. The van der Waals surface area contributed by atoms with Gasteiger partial charge in [0.1, 0.15) is 0 Å². The molecule has 0 bridgehead atoms. The molecule has 98 valence electrons. The lowest BCUT2D eigenvalue weighted by Crippen LogP contribution is -2.28. The molecule has 0 saturated carbocycles. The van der Waals surface area contributed by atoms with Crippen molar-refractivity contribution in [1.82, 2.24) is 14.6 Å². The first kappa shape index (κ1) is 12.8. The molecule has 0 spiro atoms. The quantitative estimate of drug-likeness (QED) is 0.820. The Morgan fingerprint density at radius 1 is 1.33 bits per heavy atom. The van der Waals surface area contributed by atoms with E-state index < -0.39 is 0 Å². The average Bonchev–Trinajstić information content (AvgIpc) is 2.80. The summed E-state index contributed by atoms with van der Waals surface area (Å²) in [5, 5.41) is 17.4. The molecule has 2 N–H and O–H groups in total. The number of nitrogens with zero attached hydrogens (tertiary/aromatic N) is 3. The van der Waals surface area contributed by atoms with Crippen LogP contribution >= 0.6 is 0 Å². The van der Waals surface area contributed by atoms with E-state index in [1.54, 1.807) is 4.52 Å². The van der Waals surface area contributed by atoms with Crippen LogP contribution < -0.4 is 5.32 Å². The number of aliphatic hydroxyl groups is 1. The number of nitrogens with one attached hydrogen (secondary N) is 1. The van der Waals surface area contributed by atoms with E-state index in [2.05, 4.69) is 29.2 Å². The minimum atomic E-state index is -0.355. The monoisotopic (exact) mass is 248 g/mol. The first-order valence-electron chi connectivity index (χ1n) is 6.48. The molecule has 0 radical (unpaired) electrons. The lowest BCUT2D eigenvalue weighted by Gasteiger charge is -2.19. The smallest absolute Gasteiger partial charge is 0.243 e. The Labute approximate surface area is 107 Å². The highest BCUT2D eigenvalue weighted by Gasteiger charge is 2.15. The molecule has 2 heterocycles. The lowest BCUT2D eigenvalue weighted by atomic mass is 9.97. The summed E-state index contributed by atoms with van der Waals surface area (Å²) in [6.07, 6.45) is 3.47. The van der Waals surface area contributed by atoms with Gasteiger partial charge in [0.15, 0.2) is 5.65 Å². The molecule has 0 fully saturated rings. The predicted octanol–water partition coefficient (Wildman–Crippen LogP) is 1.94. The van der Waals surface area contributed by atoms with Crippen LogP contribution in [-0.2, 0) is 0 Å². The fourth-order valence-corrected chi connectivity index (χ4v) is 2.10. The van der Waals surface area contributed by atoms with Crippen molar-refractivity contribution >= 4 is 11.6 Å². The Morgan fingerprint density at radius 2 is 2.11 bits per heavy atom. The van der Waals surface area contributed by atoms with Gasteiger partial charge in [0.05, 0.1) is 6.10 Å². The van der Waals surface area contributed by atoms with Gasteiger partial charge in [0.2, 0.25) is 5.95 Å². The van der Waals surface area contributed by atoms with Crippen molar-refractivity contribution in [3.05, 3.63) is 24.4 Å². The molecule has 1 atom stereocenters. The molecular formula is C13H20N4O. The van der Waals surface area contributed by atoms with E-state index in [0.29, 0.717) is 18.4 Å². The standard InChI is InChI=1S/C13H20N4O/c1-3-10(4-2)11(18)9-14-13-15-12-7-5-6-8-17(12)16-13/h5-8,10-11,18H,3-4,9H2,1-2H3,(H,14,16). The summed E-state index contributed by atoms with van der Waals surface area (Å²) in [5.41, 5.74) is 0.803. The molecular weight excluding hydrogens is 228 g/mol. The van der Waals surface area contributed by atoms with Gasteiger partial charge in [-0.25, -0.2) is 4.52 Å². The second kappa shape index (κ2) is 5.82. The molecule has 0 aromatic carbocycles. The zero-order valence-corrected chi connectivity index (χ0v) is 10.9. The van der Waals surface area contributed by atoms with Gasteiger partial charge in [-0.15, -0.1) is 5.10 Å². The van der Waals surface area contributed by atoms with Gasteiger partial charge in [0.25, 0.3) is 0 Å². The van der Waals surface area contributed by atoms with Crippen LogP contribution in [0.4, 0.5) is 5.95 Å². The SMILES string of the molecule is CCC(CC)C(O)CNc1nc2ccccn2n1. The number of fused-ring (bicyclic) bond motifs is 1. The van der Waals surface area contributed by atoms with Crippen molar-refractivity contribution in [1.29, 1.82) is 0 Å². The Bertz CT molecular complexity index is 459. The van der Waals surface area contributed by atoms with E-state index in [9.17, 15) is 5.11 Å². The molecule has 0 saturated heterocycles. The Balaban J connectivity index is 1.97. The van der Waals surface area contributed by atoms with Crippen LogP contribution in [0.3, 0.4) is 0 Å². The zero-order chi connectivity index (χ0) is 13.0. The normalized spacial score (nSPS) is 13.1. The van der Waals surface area contributed by atoms with Crippen LogP contribution in [-0.4, -0.2) is 32.4 Å². The largest absolute Gasteiger partial charge is 0.391 e. The Morgan fingerprint density at radius 3 is 2.78 bits per heavy atom. The fourth-order valence-electron chi connectivity index (χ4n) is 2.10. The summed E-state index contributed by atoms with van der Waals surface area (Å²) in [4.78, 5) is 4.33. The summed E-state index contributed by atoms with van der Waals surface area (Å²) in [5.74, 6) is 0.890. The summed E-state index contributed by atoms with van der Waals surface area (Å²) in [6.45, 7) is 4.68. The molecule has 5 nitrogen and oxygen atoms in total. The maximum atomic E-state index is 10.0. The average molecular weight is 248 g/mol. The van der Waals surface area contributed by atoms with Crippen LogP contribution in [0.2, 0.25) is 0 Å². The maximum absolute atomic E-state index is 10.0. The maximum Gasteiger partial charge on any atom is 0.243 e. The fraction of sp³-hybridized carbons (Fsp3) is 0.538. The summed E-state index contributed by atoms with van der Waals surface area (Å²) < 4.78 is 1.71. The van der Waals surface area contributed by atoms with E-state index in [-0.39, 0.29) is 6.10 Å². The topological polar surface area (TPSA) is 62.5 Å². The number of anilines is 1. The van der Waals surface area contributed by atoms with Crippen molar-refractivity contribution in [3.63, 3.8) is 0 Å². The molecule has 0 aliphatic heterocycles. The summed E-state index contributed by atoms with van der Waals surface area (Å²) >= 11 is 0. The number of hydrogen-bond acceptors (Lipinski definition) is 4. The lowest BCUT2D eigenvalue weighted by molar-refractivity contribution is 0.114. The number of hydrogen-bond donors (Lipinski definition) is 2. The minimum Gasteiger partial charge on any atom is -0.391 e. The van der Waals surface area contributed by atoms with E-state index >= 15 is 0 Å². The van der Waals surface area contributed by atoms with Crippen molar-refractivity contribution in [2.45, 2.75) is 32.8 Å². The number of aromatic nitrogens is 3. The van der Waals surface area contributed by atoms with E-state index in [0.717, 1.165) is 18.5 Å². The Kier molecular flexibility index (Phi) is 4.15. The summed E-state index contributed by atoms with van der Waals surface area (Å²) in [7, 11) is 0. The van der Waals surface area contributed by atoms with Crippen LogP contribution in [0.25, 0.3) is 5.65 Å². The van der Waals surface area contributed by atoms with Gasteiger partial charge < -0.3 is 10.4 Å². The van der Waals surface area contributed by atoms with Gasteiger partial charge >= 0.3 is 0 Å². The molecule has 2 rings (SSSR count). The van der Waals surface area contributed by atoms with Crippen LogP contribution in [0.1, 0.15) is 26.7 Å². The van der Waals surface area contributed by atoms with Crippen LogP contribution in [0.15, 0.2) is 24.4 Å². The first-order chi connectivity index (χ1) is 8.74. The number of pyridine rings is 1. The van der Waals surface area contributed by atoms with Gasteiger partial charge in [-0.05, 0) is 18.1 Å².